The number of sulfonamides is 1. The van der Waals surface area contributed by atoms with Crippen molar-refractivity contribution in [1.29, 1.82) is 0 Å². The first-order valence-corrected chi connectivity index (χ1v) is 9.51. The third-order valence-corrected chi connectivity index (χ3v) is 5.06. The number of ether oxygens (including phenoxy) is 1. The zero-order valence-electron chi connectivity index (χ0n) is 14.8. The molecule has 0 spiro atoms. The summed E-state index contributed by atoms with van der Waals surface area (Å²) in [6.07, 6.45) is -1.01. The van der Waals surface area contributed by atoms with E-state index in [1.165, 1.54) is 44.1 Å². The predicted octanol–water partition coefficient (Wildman–Crippen LogP) is 1.66. The molecule has 0 bridgehead atoms. The first kappa shape index (κ1) is 21.4. The summed E-state index contributed by atoms with van der Waals surface area (Å²) < 4.78 is 32.4. The molecule has 140 valence electrons. The molecule has 2 atom stereocenters. The van der Waals surface area contributed by atoms with Gasteiger partial charge >= 0.3 is 5.97 Å². The van der Waals surface area contributed by atoms with Crippen LogP contribution in [-0.4, -0.2) is 51.4 Å². The Hall–Kier alpha value is -1.64. The van der Waals surface area contributed by atoms with Gasteiger partial charge < -0.3 is 9.64 Å². The van der Waals surface area contributed by atoms with E-state index in [9.17, 15) is 18.0 Å². The molecule has 0 unspecified atom stereocenters. The lowest BCUT2D eigenvalue weighted by Gasteiger charge is -2.24. The van der Waals surface area contributed by atoms with Crippen molar-refractivity contribution in [3.8, 4) is 0 Å². The molecule has 0 saturated heterocycles. The summed E-state index contributed by atoms with van der Waals surface area (Å²) in [5.74, 6) is -1.60. The predicted molar refractivity (Wildman–Crippen MR) is 94.6 cm³/mol. The number of nitrogens with zero attached hydrogens (tertiary/aromatic N) is 1. The van der Waals surface area contributed by atoms with E-state index < -0.39 is 34.0 Å². The lowest BCUT2D eigenvalue weighted by molar-refractivity contribution is -0.160. The summed E-state index contributed by atoms with van der Waals surface area (Å²) in [5, 5.41) is 0.261. The van der Waals surface area contributed by atoms with Gasteiger partial charge in [-0.25, -0.2) is 8.42 Å². The van der Waals surface area contributed by atoms with Crippen LogP contribution in [0.1, 0.15) is 20.8 Å². The number of rotatable bonds is 7. The largest absolute Gasteiger partial charge is 0.451 e. The Labute approximate surface area is 153 Å². The highest BCUT2D eigenvalue weighted by molar-refractivity contribution is 7.89. The first-order chi connectivity index (χ1) is 11.5. The van der Waals surface area contributed by atoms with Gasteiger partial charge in [0.2, 0.25) is 10.0 Å². The van der Waals surface area contributed by atoms with Crippen molar-refractivity contribution in [3.05, 3.63) is 29.3 Å². The average Bonchev–Trinajstić information content (AvgIpc) is 2.51. The van der Waals surface area contributed by atoms with Gasteiger partial charge in [0.15, 0.2) is 6.10 Å². The number of benzene rings is 1. The number of carbonyl (C=O) groups is 2. The Balaban J connectivity index is 2.97. The normalized spacial score (nSPS) is 14.0. The van der Waals surface area contributed by atoms with Crippen LogP contribution in [0.25, 0.3) is 0 Å². The number of carbonyl (C=O) groups excluding carboxylic acids is 2. The second-order valence-electron chi connectivity index (χ2n) is 6.11. The number of amides is 1. The van der Waals surface area contributed by atoms with Crippen LogP contribution in [0.2, 0.25) is 5.02 Å². The smallest absolute Gasteiger partial charge is 0.325 e. The fourth-order valence-corrected chi connectivity index (χ4v) is 3.62. The molecule has 0 aromatic heterocycles. The van der Waals surface area contributed by atoms with E-state index in [1.807, 2.05) is 0 Å². The first-order valence-electron chi connectivity index (χ1n) is 7.65. The van der Waals surface area contributed by atoms with Crippen molar-refractivity contribution in [3.63, 3.8) is 0 Å². The van der Waals surface area contributed by atoms with Crippen LogP contribution in [0.3, 0.4) is 0 Å². The van der Waals surface area contributed by atoms with E-state index in [0.29, 0.717) is 0 Å². The molecule has 0 saturated carbocycles. The summed E-state index contributed by atoms with van der Waals surface area (Å²) in [5.41, 5.74) is 0. The van der Waals surface area contributed by atoms with Crippen molar-refractivity contribution in [1.82, 2.24) is 9.62 Å². The maximum atomic E-state index is 12.5. The summed E-state index contributed by atoms with van der Waals surface area (Å²) in [7, 11) is -0.903. The highest BCUT2D eigenvalue weighted by Gasteiger charge is 2.32. The van der Waals surface area contributed by atoms with Gasteiger partial charge in [0, 0.05) is 19.1 Å². The molecule has 1 amide bonds. The lowest BCUT2D eigenvalue weighted by Crippen LogP contribution is -2.47. The minimum absolute atomic E-state index is 0.0594. The molecular weight excluding hydrogens is 368 g/mol. The maximum absolute atomic E-state index is 12.5. The fraction of sp³-hybridized carbons (Fsp3) is 0.500. The fourth-order valence-electron chi connectivity index (χ4n) is 1.99. The van der Waals surface area contributed by atoms with Crippen molar-refractivity contribution in [2.24, 2.45) is 5.92 Å². The third-order valence-electron chi connectivity index (χ3n) is 3.39. The Kier molecular flexibility index (Phi) is 7.40. The number of hydrogen-bond donors (Lipinski definition) is 1. The highest BCUT2D eigenvalue weighted by Crippen LogP contribution is 2.17. The van der Waals surface area contributed by atoms with Gasteiger partial charge in [-0.05, 0) is 31.0 Å². The van der Waals surface area contributed by atoms with E-state index in [-0.39, 0.29) is 15.8 Å². The SMILES string of the molecule is CC(C)[C@H](NS(=O)(=O)c1cccc(Cl)c1)C(=O)O[C@H](C)C(=O)N(C)C. The van der Waals surface area contributed by atoms with Crippen LogP contribution in [0.15, 0.2) is 29.2 Å². The monoisotopic (exact) mass is 390 g/mol. The summed E-state index contributed by atoms with van der Waals surface area (Å²) >= 11 is 5.82. The number of likely N-dealkylation sites (N-methyl/N-ethyl adjacent to an activating group) is 1. The minimum atomic E-state index is -3.98. The van der Waals surface area contributed by atoms with Gasteiger partial charge in [-0.1, -0.05) is 31.5 Å². The van der Waals surface area contributed by atoms with Crippen LogP contribution in [0.5, 0.6) is 0 Å². The topological polar surface area (TPSA) is 92.8 Å². The van der Waals surface area contributed by atoms with Crippen LogP contribution in [-0.2, 0) is 24.3 Å². The zero-order chi connectivity index (χ0) is 19.4. The molecule has 0 heterocycles. The second-order valence-corrected chi connectivity index (χ2v) is 8.26. The van der Waals surface area contributed by atoms with Crippen molar-refractivity contribution < 1.29 is 22.7 Å². The lowest BCUT2D eigenvalue weighted by atomic mass is 10.1. The van der Waals surface area contributed by atoms with Gasteiger partial charge in [0.05, 0.1) is 4.90 Å². The maximum Gasteiger partial charge on any atom is 0.325 e. The number of hydrogen-bond acceptors (Lipinski definition) is 5. The van der Waals surface area contributed by atoms with Gasteiger partial charge in [-0.15, -0.1) is 0 Å². The molecule has 0 aliphatic heterocycles. The van der Waals surface area contributed by atoms with E-state index in [0.717, 1.165) is 0 Å². The molecule has 9 heteroatoms. The van der Waals surface area contributed by atoms with Gasteiger partial charge in [-0.2, -0.15) is 4.72 Å². The molecule has 1 N–H and O–H groups in total. The minimum Gasteiger partial charge on any atom is -0.451 e. The second kappa shape index (κ2) is 8.64. The van der Waals surface area contributed by atoms with Gasteiger partial charge in [0.1, 0.15) is 6.04 Å². The Morgan fingerprint density at radius 2 is 1.80 bits per heavy atom. The Bertz CT molecular complexity index is 734. The Morgan fingerprint density at radius 3 is 2.28 bits per heavy atom. The molecule has 25 heavy (non-hydrogen) atoms. The van der Waals surface area contributed by atoms with Crippen molar-refractivity contribution in [2.45, 2.75) is 37.8 Å². The Morgan fingerprint density at radius 1 is 1.20 bits per heavy atom. The molecule has 1 aromatic carbocycles. The number of halogens is 1. The summed E-state index contributed by atoms with van der Waals surface area (Å²) in [6.45, 7) is 4.78. The molecular formula is C16H23ClN2O5S. The summed E-state index contributed by atoms with van der Waals surface area (Å²) in [6, 6.07) is 4.56. The molecule has 0 fully saturated rings. The van der Waals surface area contributed by atoms with Crippen LogP contribution < -0.4 is 4.72 Å². The molecule has 0 aliphatic rings. The summed E-state index contributed by atoms with van der Waals surface area (Å²) in [4.78, 5) is 25.4. The number of nitrogens with one attached hydrogen (secondary N) is 1. The van der Waals surface area contributed by atoms with Crippen molar-refractivity contribution >= 4 is 33.5 Å². The molecule has 0 radical (unpaired) electrons. The van der Waals surface area contributed by atoms with Gasteiger partial charge in [-0.3, -0.25) is 9.59 Å². The highest BCUT2D eigenvalue weighted by atomic mass is 35.5. The van der Waals surface area contributed by atoms with E-state index >= 15 is 0 Å². The van der Waals surface area contributed by atoms with Crippen LogP contribution in [0.4, 0.5) is 0 Å². The quantitative estimate of drug-likeness (QED) is 0.715. The molecule has 7 nitrogen and oxygen atoms in total. The van der Waals surface area contributed by atoms with E-state index in [1.54, 1.807) is 19.9 Å². The van der Waals surface area contributed by atoms with Crippen molar-refractivity contribution in [2.75, 3.05) is 14.1 Å². The molecule has 0 aliphatic carbocycles. The van der Waals surface area contributed by atoms with E-state index in [2.05, 4.69) is 4.72 Å². The zero-order valence-corrected chi connectivity index (χ0v) is 16.4. The van der Waals surface area contributed by atoms with E-state index in [4.69, 9.17) is 16.3 Å². The molecule has 1 rings (SSSR count). The average molecular weight is 391 g/mol. The third kappa shape index (κ3) is 5.98. The van der Waals surface area contributed by atoms with Gasteiger partial charge in [0.25, 0.3) is 5.91 Å². The molecule has 1 aromatic rings. The van der Waals surface area contributed by atoms with Crippen LogP contribution in [0, 0.1) is 5.92 Å². The number of esters is 1. The standard InChI is InChI=1S/C16H23ClN2O5S/c1-10(2)14(16(21)24-11(3)15(20)19(4)5)18-25(22,23)13-8-6-7-12(17)9-13/h6-11,14,18H,1-5H3/t11-,14+/m1/s1. The van der Waals surface area contributed by atoms with Crippen LogP contribution >= 0.6 is 11.6 Å².